The smallest absolute Gasteiger partial charge is 0.119 e. The summed E-state index contributed by atoms with van der Waals surface area (Å²) in [6.45, 7) is 9.78. The summed E-state index contributed by atoms with van der Waals surface area (Å²) >= 11 is 0. The third-order valence-corrected chi connectivity index (χ3v) is 5.92. The lowest BCUT2D eigenvalue weighted by Crippen LogP contribution is -2.55. The van der Waals surface area contributed by atoms with E-state index in [4.69, 9.17) is 9.15 Å². The van der Waals surface area contributed by atoms with E-state index in [0.29, 0.717) is 6.04 Å². The van der Waals surface area contributed by atoms with Gasteiger partial charge in [-0.2, -0.15) is 0 Å². The molecule has 0 bridgehead atoms. The average Bonchev–Trinajstić information content (AvgIpc) is 3.13. The van der Waals surface area contributed by atoms with Gasteiger partial charge in [-0.15, -0.1) is 0 Å². The van der Waals surface area contributed by atoms with Crippen molar-refractivity contribution in [1.29, 1.82) is 0 Å². The van der Waals surface area contributed by atoms with Crippen molar-refractivity contribution in [3.05, 3.63) is 47.9 Å². The number of ether oxygens (including phenoxy) is 1. The Bertz CT molecular complexity index is 719. The highest BCUT2D eigenvalue weighted by atomic mass is 16.5. The molecule has 5 nitrogen and oxygen atoms in total. The van der Waals surface area contributed by atoms with Crippen LogP contribution in [0.25, 0.3) is 0 Å². The van der Waals surface area contributed by atoms with Crippen LogP contribution in [0.4, 0.5) is 5.69 Å². The number of benzene rings is 1. The molecule has 0 unspecified atom stereocenters. The fraction of sp³-hybridized carbons (Fsp3) is 0.545. The van der Waals surface area contributed by atoms with Crippen molar-refractivity contribution in [2.24, 2.45) is 0 Å². The topological polar surface area (TPSA) is 32.1 Å². The maximum absolute atomic E-state index is 5.78. The first kappa shape index (κ1) is 18.4. The number of aryl methyl sites for hydroxylation is 1. The molecule has 0 aliphatic carbocycles. The van der Waals surface area contributed by atoms with Gasteiger partial charge in [-0.1, -0.05) is 0 Å². The molecule has 2 aromatic rings. The normalized spacial score (nSPS) is 22.1. The van der Waals surface area contributed by atoms with Crippen LogP contribution in [0.2, 0.25) is 0 Å². The zero-order chi connectivity index (χ0) is 18.6. The van der Waals surface area contributed by atoms with Crippen molar-refractivity contribution in [1.82, 2.24) is 9.80 Å². The van der Waals surface area contributed by atoms with Crippen molar-refractivity contribution >= 4 is 5.69 Å². The van der Waals surface area contributed by atoms with Gasteiger partial charge in [0.2, 0.25) is 0 Å². The molecule has 0 amide bonds. The standard InChI is InChI=1S/C22H31N3O2/c1-18-5-8-22(27-18)17-23-11-3-4-20(16-23)25-14-12-24(13-15-25)19-6-9-21(26-2)10-7-19/h5-10,20H,3-4,11-17H2,1-2H3/t20-/m1/s1. The lowest BCUT2D eigenvalue weighted by molar-refractivity contribution is 0.0848. The summed E-state index contributed by atoms with van der Waals surface area (Å²) in [6.07, 6.45) is 2.60. The van der Waals surface area contributed by atoms with E-state index in [9.17, 15) is 0 Å². The van der Waals surface area contributed by atoms with E-state index >= 15 is 0 Å². The van der Waals surface area contributed by atoms with E-state index in [1.165, 1.54) is 25.1 Å². The van der Waals surface area contributed by atoms with Gasteiger partial charge in [0.15, 0.2) is 0 Å². The van der Waals surface area contributed by atoms with E-state index in [2.05, 4.69) is 51.1 Å². The molecule has 146 valence electrons. The molecule has 0 spiro atoms. The average molecular weight is 370 g/mol. The number of piperazine rings is 1. The third-order valence-electron chi connectivity index (χ3n) is 5.92. The number of furan rings is 1. The van der Waals surface area contributed by atoms with Gasteiger partial charge in [0.05, 0.1) is 13.7 Å². The SMILES string of the molecule is COc1ccc(N2CCN([C@@H]3CCCN(Cc4ccc(C)o4)C3)CC2)cc1. The Labute approximate surface area is 162 Å². The second-order valence-corrected chi connectivity index (χ2v) is 7.76. The van der Waals surface area contributed by atoms with Gasteiger partial charge in [-0.25, -0.2) is 0 Å². The third kappa shape index (κ3) is 4.47. The van der Waals surface area contributed by atoms with E-state index < -0.39 is 0 Å². The van der Waals surface area contributed by atoms with Gasteiger partial charge in [0, 0.05) is 44.5 Å². The number of likely N-dealkylation sites (tertiary alicyclic amines) is 1. The molecule has 2 fully saturated rings. The fourth-order valence-electron chi connectivity index (χ4n) is 4.40. The predicted molar refractivity (Wildman–Crippen MR) is 109 cm³/mol. The summed E-state index contributed by atoms with van der Waals surface area (Å²) in [6, 6.07) is 13.3. The van der Waals surface area contributed by atoms with Gasteiger partial charge >= 0.3 is 0 Å². The van der Waals surface area contributed by atoms with Gasteiger partial charge in [-0.3, -0.25) is 9.80 Å². The highest BCUT2D eigenvalue weighted by Crippen LogP contribution is 2.23. The number of rotatable bonds is 5. The minimum Gasteiger partial charge on any atom is -0.497 e. The van der Waals surface area contributed by atoms with Crippen LogP contribution in [-0.4, -0.2) is 62.2 Å². The van der Waals surface area contributed by atoms with Crippen LogP contribution in [-0.2, 0) is 6.54 Å². The second kappa shape index (κ2) is 8.36. The largest absolute Gasteiger partial charge is 0.497 e. The maximum atomic E-state index is 5.78. The predicted octanol–water partition coefficient (Wildman–Crippen LogP) is 3.38. The van der Waals surface area contributed by atoms with Crippen molar-refractivity contribution in [2.75, 3.05) is 51.3 Å². The van der Waals surface area contributed by atoms with E-state index in [1.807, 2.05) is 6.92 Å². The molecule has 4 rings (SSSR count). The Morgan fingerprint density at radius 2 is 1.78 bits per heavy atom. The number of anilines is 1. The van der Waals surface area contributed by atoms with Crippen molar-refractivity contribution in [3.63, 3.8) is 0 Å². The molecule has 2 saturated heterocycles. The van der Waals surface area contributed by atoms with Crippen molar-refractivity contribution < 1.29 is 9.15 Å². The van der Waals surface area contributed by atoms with E-state index in [-0.39, 0.29) is 0 Å². The van der Waals surface area contributed by atoms with Crippen LogP contribution in [0, 0.1) is 6.92 Å². The summed E-state index contributed by atoms with van der Waals surface area (Å²) in [7, 11) is 1.72. The van der Waals surface area contributed by atoms with Gasteiger partial charge in [0.25, 0.3) is 0 Å². The molecule has 27 heavy (non-hydrogen) atoms. The van der Waals surface area contributed by atoms with Crippen molar-refractivity contribution in [3.8, 4) is 5.75 Å². The first-order valence-electron chi connectivity index (χ1n) is 10.1. The molecular formula is C22H31N3O2. The fourth-order valence-corrected chi connectivity index (χ4v) is 4.40. The molecule has 3 heterocycles. The minimum absolute atomic E-state index is 0.674. The van der Waals surface area contributed by atoms with E-state index in [1.54, 1.807) is 7.11 Å². The van der Waals surface area contributed by atoms with Gasteiger partial charge < -0.3 is 14.1 Å². The van der Waals surface area contributed by atoms with E-state index in [0.717, 1.165) is 56.5 Å². The van der Waals surface area contributed by atoms with Crippen LogP contribution in [0.5, 0.6) is 5.75 Å². The summed E-state index contributed by atoms with van der Waals surface area (Å²) in [5, 5.41) is 0. The van der Waals surface area contributed by atoms with Gasteiger partial charge in [-0.05, 0) is 62.7 Å². The van der Waals surface area contributed by atoms with Crippen LogP contribution >= 0.6 is 0 Å². The summed E-state index contributed by atoms with van der Waals surface area (Å²) in [4.78, 5) is 7.74. The molecule has 1 aromatic heterocycles. The Hall–Kier alpha value is -1.98. The Morgan fingerprint density at radius 3 is 2.44 bits per heavy atom. The molecule has 0 radical (unpaired) electrons. The zero-order valence-corrected chi connectivity index (χ0v) is 16.6. The molecule has 1 aromatic carbocycles. The highest BCUT2D eigenvalue weighted by molar-refractivity contribution is 5.49. The quantitative estimate of drug-likeness (QED) is 0.807. The Morgan fingerprint density at radius 1 is 1.00 bits per heavy atom. The first-order chi connectivity index (χ1) is 13.2. The summed E-state index contributed by atoms with van der Waals surface area (Å²) in [5.41, 5.74) is 1.30. The number of hydrogen-bond acceptors (Lipinski definition) is 5. The van der Waals surface area contributed by atoms with Crippen LogP contribution in [0.1, 0.15) is 24.4 Å². The summed E-state index contributed by atoms with van der Waals surface area (Å²) in [5.74, 6) is 3.03. The van der Waals surface area contributed by atoms with Crippen LogP contribution < -0.4 is 9.64 Å². The summed E-state index contributed by atoms with van der Waals surface area (Å²) < 4.78 is 11.0. The number of nitrogens with zero attached hydrogens (tertiary/aromatic N) is 3. The number of hydrogen-bond donors (Lipinski definition) is 0. The number of piperidine rings is 1. The highest BCUT2D eigenvalue weighted by Gasteiger charge is 2.28. The number of methoxy groups -OCH3 is 1. The maximum Gasteiger partial charge on any atom is 0.119 e. The molecule has 1 atom stereocenters. The lowest BCUT2D eigenvalue weighted by Gasteiger charge is -2.43. The molecule has 5 heteroatoms. The Kier molecular flexibility index (Phi) is 5.69. The Balaban J connectivity index is 1.29. The molecule has 0 saturated carbocycles. The minimum atomic E-state index is 0.674. The first-order valence-corrected chi connectivity index (χ1v) is 10.1. The molecule has 2 aliphatic rings. The molecular weight excluding hydrogens is 338 g/mol. The molecule has 0 N–H and O–H groups in total. The molecule has 2 aliphatic heterocycles. The van der Waals surface area contributed by atoms with Crippen LogP contribution in [0.15, 0.2) is 40.8 Å². The lowest BCUT2D eigenvalue weighted by atomic mass is 10.0. The monoisotopic (exact) mass is 369 g/mol. The zero-order valence-electron chi connectivity index (χ0n) is 16.6. The van der Waals surface area contributed by atoms with Gasteiger partial charge in [0.1, 0.15) is 17.3 Å². The van der Waals surface area contributed by atoms with Crippen LogP contribution in [0.3, 0.4) is 0 Å². The van der Waals surface area contributed by atoms with Crippen molar-refractivity contribution in [2.45, 2.75) is 32.4 Å². The second-order valence-electron chi connectivity index (χ2n) is 7.76.